The van der Waals surface area contributed by atoms with E-state index in [2.05, 4.69) is 17.1 Å². The Hall–Kier alpha value is -0.0800. The molecule has 80 valence electrons. The Labute approximate surface area is 87.0 Å². The van der Waals surface area contributed by atoms with Gasteiger partial charge in [-0.15, -0.1) is 0 Å². The molecule has 3 fully saturated rings. The van der Waals surface area contributed by atoms with Gasteiger partial charge in [-0.05, 0) is 38.1 Å². The molecule has 0 aromatic carbocycles. The maximum atomic E-state index is 3.50. The van der Waals surface area contributed by atoms with Gasteiger partial charge in [-0.3, -0.25) is 4.90 Å². The van der Waals surface area contributed by atoms with Gasteiger partial charge in [0.25, 0.3) is 0 Å². The predicted octanol–water partition coefficient (Wildman–Crippen LogP) is 1.61. The third-order valence-corrected chi connectivity index (χ3v) is 4.83. The first-order valence-corrected chi connectivity index (χ1v) is 6.18. The summed E-state index contributed by atoms with van der Waals surface area (Å²) in [5.41, 5.74) is 1.26. The zero-order chi connectivity index (χ0) is 9.65. The molecule has 1 atom stereocenters. The largest absolute Gasteiger partial charge is 0.315 e. The van der Waals surface area contributed by atoms with Crippen LogP contribution < -0.4 is 5.32 Å². The van der Waals surface area contributed by atoms with Crippen molar-refractivity contribution in [1.29, 1.82) is 0 Å². The number of nitrogens with one attached hydrogen (secondary N) is 1. The maximum absolute atomic E-state index is 3.50. The van der Waals surface area contributed by atoms with E-state index in [-0.39, 0.29) is 0 Å². The molecule has 0 bridgehead atoms. The third-order valence-electron chi connectivity index (χ3n) is 4.83. The Balaban J connectivity index is 1.63. The SMILES string of the molecule is CC1(N2CC3(CCCC3)C2)CCNC1. The minimum absolute atomic E-state index is 0.494. The highest BCUT2D eigenvalue weighted by molar-refractivity contribution is 5.06. The second-order valence-electron chi connectivity index (χ2n) is 5.99. The summed E-state index contributed by atoms with van der Waals surface area (Å²) in [6.45, 7) is 7.66. The molecule has 2 nitrogen and oxygen atoms in total. The van der Waals surface area contributed by atoms with E-state index in [1.807, 2.05) is 0 Å². The molecule has 3 rings (SSSR count). The van der Waals surface area contributed by atoms with E-state index in [4.69, 9.17) is 0 Å². The molecule has 1 saturated carbocycles. The number of hydrogen-bond acceptors (Lipinski definition) is 2. The van der Waals surface area contributed by atoms with E-state index in [9.17, 15) is 0 Å². The Kier molecular flexibility index (Phi) is 1.94. The van der Waals surface area contributed by atoms with E-state index in [1.165, 1.54) is 58.3 Å². The smallest absolute Gasteiger partial charge is 0.0318 e. The van der Waals surface area contributed by atoms with Gasteiger partial charge >= 0.3 is 0 Å². The fraction of sp³-hybridized carbons (Fsp3) is 1.00. The minimum Gasteiger partial charge on any atom is -0.315 e. The van der Waals surface area contributed by atoms with Crippen LogP contribution in [-0.2, 0) is 0 Å². The van der Waals surface area contributed by atoms with E-state index >= 15 is 0 Å². The lowest BCUT2D eigenvalue weighted by Crippen LogP contribution is -2.64. The summed E-state index contributed by atoms with van der Waals surface area (Å²) in [7, 11) is 0. The van der Waals surface area contributed by atoms with Crippen LogP contribution in [0.15, 0.2) is 0 Å². The number of nitrogens with zero attached hydrogens (tertiary/aromatic N) is 1. The van der Waals surface area contributed by atoms with Gasteiger partial charge in [0.2, 0.25) is 0 Å². The zero-order valence-electron chi connectivity index (χ0n) is 9.31. The molecule has 1 spiro atoms. The molecule has 2 saturated heterocycles. The van der Waals surface area contributed by atoms with Crippen LogP contribution in [0.4, 0.5) is 0 Å². The monoisotopic (exact) mass is 194 g/mol. The predicted molar refractivity (Wildman–Crippen MR) is 58.4 cm³/mol. The van der Waals surface area contributed by atoms with Gasteiger partial charge in [0.05, 0.1) is 0 Å². The first kappa shape index (κ1) is 9.17. The lowest BCUT2D eigenvalue weighted by molar-refractivity contribution is -0.0611. The van der Waals surface area contributed by atoms with Crippen molar-refractivity contribution in [1.82, 2.24) is 10.2 Å². The number of rotatable bonds is 1. The standard InChI is InChI=1S/C12H22N2/c1-11(6-7-13-8-11)14-9-12(10-14)4-2-3-5-12/h13H,2-10H2,1H3. The molecule has 1 unspecified atom stereocenters. The van der Waals surface area contributed by atoms with Crippen molar-refractivity contribution >= 4 is 0 Å². The number of likely N-dealkylation sites (tertiary alicyclic amines) is 1. The summed E-state index contributed by atoms with van der Waals surface area (Å²) in [6.07, 6.45) is 7.34. The lowest BCUT2D eigenvalue weighted by atomic mass is 9.75. The van der Waals surface area contributed by atoms with Crippen molar-refractivity contribution in [3.05, 3.63) is 0 Å². The van der Waals surface area contributed by atoms with Crippen molar-refractivity contribution in [2.75, 3.05) is 26.2 Å². The van der Waals surface area contributed by atoms with Crippen LogP contribution in [0.3, 0.4) is 0 Å². The van der Waals surface area contributed by atoms with Gasteiger partial charge in [-0.25, -0.2) is 0 Å². The highest BCUT2D eigenvalue weighted by Crippen LogP contribution is 2.48. The first-order chi connectivity index (χ1) is 6.73. The molecule has 0 aromatic heterocycles. The second-order valence-corrected chi connectivity index (χ2v) is 5.99. The van der Waals surface area contributed by atoms with Crippen molar-refractivity contribution < 1.29 is 0 Å². The topological polar surface area (TPSA) is 15.3 Å². The Morgan fingerprint density at radius 3 is 2.36 bits per heavy atom. The van der Waals surface area contributed by atoms with Gasteiger partial charge in [-0.2, -0.15) is 0 Å². The molecule has 2 aliphatic heterocycles. The summed E-state index contributed by atoms with van der Waals surface area (Å²) < 4.78 is 0. The number of hydrogen-bond donors (Lipinski definition) is 1. The van der Waals surface area contributed by atoms with Crippen LogP contribution >= 0.6 is 0 Å². The van der Waals surface area contributed by atoms with Crippen LogP contribution in [0.25, 0.3) is 0 Å². The molecular weight excluding hydrogens is 172 g/mol. The molecule has 1 N–H and O–H groups in total. The lowest BCUT2D eigenvalue weighted by Gasteiger charge is -2.55. The van der Waals surface area contributed by atoms with Crippen molar-refractivity contribution in [3.63, 3.8) is 0 Å². The summed E-state index contributed by atoms with van der Waals surface area (Å²) in [5, 5.41) is 3.50. The van der Waals surface area contributed by atoms with Crippen LogP contribution in [0, 0.1) is 5.41 Å². The zero-order valence-corrected chi connectivity index (χ0v) is 9.31. The summed E-state index contributed by atoms with van der Waals surface area (Å²) in [6, 6.07) is 0. The van der Waals surface area contributed by atoms with Crippen molar-refractivity contribution in [2.24, 2.45) is 5.41 Å². The third kappa shape index (κ3) is 1.24. The van der Waals surface area contributed by atoms with Crippen LogP contribution in [0.1, 0.15) is 39.0 Å². The van der Waals surface area contributed by atoms with Gasteiger partial charge < -0.3 is 5.32 Å². The quantitative estimate of drug-likeness (QED) is 0.682. The van der Waals surface area contributed by atoms with E-state index in [0.717, 1.165) is 5.41 Å². The maximum Gasteiger partial charge on any atom is 0.0318 e. The fourth-order valence-corrected chi connectivity index (χ4v) is 3.66. The van der Waals surface area contributed by atoms with E-state index in [0.29, 0.717) is 5.54 Å². The van der Waals surface area contributed by atoms with E-state index < -0.39 is 0 Å². The fourth-order valence-electron chi connectivity index (χ4n) is 3.66. The van der Waals surface area contributed by atoms with Crippen molar-refractivity contribution in [3.8, 4) is 0 Å². The molecular formula is C12H22N2. The van der Waals surface area contributed by atoms with Crippen LogP contribution in [0.2, 0.25) is 0 Å². The average Bonchev–Trinajstić information content (AvgIpc) is 2.69. The van der Waals surface area contributed by atoms with Gasteiger partial charge in [0, 0.05) is 25.2 Å². The van der Waals surface area contributed by atoms with Gasteiger partial charge in [-0.1, -0.05) is 12.8 Å². The summed E-state index contributed by atoms with van der Waals surface area (Å²) >= 11 is 0. The highest BCUT2D eigenvalue weighted by atomic mass is 15.3. The highest BCUT2D eigenvalue weighted by Gasteiger charge is 2.50. The molecule has 1 aliphatic carbocycles. The van der Waals surface area contributed by atoms with Crippen LogP contribution in [-0.4, -0.2) is 36.6 Å². The minimum atomic E-state index is 0.494. The van der Waals surface area contributed by atoms with Crippen LogP contribution in [0.5, 0.6) is 0 Å². The Bertz CT molecular complexity index is 216. The Morgan fingerprint density at radius 1 is 1.07 bits per heavy atom. The molecule has 0 radical (unpaired) electrons. The van der Waals surface area contributed by atoms with Crippen molar-refractivity contribution in [2.45, 2.75) is 44.6 Å². The molecule has 14 heavy (non-hydrogen) atoms. The Morgan fingerprint density at radius 2 is 1.79 bits per heavy atom. The summed E-state index contributed by atoms with van der Waals surface area (Å²) in [4.78, 5) is 2.73. The van der Waals surface area contributed by atoms with Gasteiger partial charge in [0.15, 0.2) is 0 Å². The summed E-state index contributed by atoms with van der Waals surface area (Å²) in [5.74, 6) is 0. The normalized spacial score (nSPS) is 41.8. The average molecular weight is 194 g/mol. The molecule has 0 aromatic rings. The molecule has 0 amide bonds. The van der Waals surface area contributed by atoms with E-state index in [1.54, 1.807) is 0 Å². The van der Waals surface area contributed by atoms with Gasteiger partial charge in [0.1, 0.15) is 0 Å². The molecule has 3 aliphatic rings. The molecule has 2 heterocycles. The first-order valence-electron chi connectivity index (χ1n) is 6.18. The second kappa shape index (κ2) is 2.96. The molecule has 2 heteroatoms.